The lowest BCUT2D eigenvalue weighted by molar-refractivity contribution is -0.116. The fourth-order valence-electron chi connectivity index (χ4n) is 6.75. The van der Waals surface area contributed by atoms with Gasteiger partial charge in [-0.1, -0.05) is 49.8 Å². The van der Waals surface area contributed by atoms with E-state index in [0.29, 0.717) is 42.8 Å². The van der Waals surface area contributed by atoms with Crippen molar-refractivity contribution in [3.8, 4) is 0 Å². The molecule has 5 nitrogen and oxygen atoms in total. The third-order valence-corrected chi connectivity index (χ3v) is 9.72. The number of aliphatic hydroxyl groups is 1. The number of aliphatic imine (C=N–C) groups is 1. The van der Waals surface area contributed by atoms with Crippen LogP contribution in [-0.4, -0.2) is 41.8 Å². The lowest BCUT2D eigenvalue weighted by Crippen LogP contribution is -2.45. The number of piperidine rings is 1. The first-order valence-corrected chi connectivity index (χ1v) is 14.5. The first-order chi connectivity index (χ1) is 17.3. The van der Waals surface area contributed by atoms with Crippen LogP contribution >= 0.6 is 11.6 Å². The van der Waals surface area contributed by atoms with E-state index in [1.54, 1.807) is 0 Å². The van der Waals surface area contributed by atoms with Crippen molar-refractivity contribution in [2.24, 2.45) is 28.5 Å². The van der Waals surface area contributed by atoms with Crippen LogP contribution in [0.3, 0.4) is 0 Å². The molecule has 4 aliphatic rings. The molecule has 2 atom stereocenters. The Morgan fingerprint density at radius 3 is 2.72 bits per heavy atom. The fraction of sp³-hybridized carbons (Fsp3) is 0.667. The maximum atomic E-state index is 13.0. The Morgan fingerprint density at radius 2 is 1.97 bits per heavy atom. The molecule has 4 fully saturated rings. The van der Waals surface area contributed by atoms with Gasteiger partial charge in [0, 0.05) is 48.0 Å². The molecule has 36 heavy (non-hydrogen) atoms. The molecule has 3 N–H and O–H groups in total. The molecule has 6 heteroatoms. The van der Waals surface area contributed by atoms with E-state index >= 15 is 0 Å². The first kappa shape index (κ1) is 25.8. The minimum absolute atomic E-state index is 0.123. The average Bonchev–Trinajstić information content (AvgIpc) is 3.55. The van der Waals surface area contributed by atoms with Crippen molar-refractivity contribution in [2.45, 2.75) is 89.6 Å². The van der Waals surface area contributed by atoms with Crippen molar-refractivity contribution in [2.75, 3.05) is 24.5 Å². The van der Waals surface area contributed by atoms with Crippen LogP contribution in [0.2, 0.25) is 5.02 Å². The van der Waals surface area contributed by atoms with Gasteiger partial charge < -0.3 is 15.7 Å². The number of hydrogen-bond donors (Lipinski definition) is 2. The second-order valence-corrected chi connectivity index (χ2v) is 12.2. The molecular formula is C30H42ClN3O2. The van der Waals surface area contributed by atoms with E-state index in [1.807, 2.05) is 12.1 Å². The normalized spacial score (nSPS) is 28.3. The molecule has 1 saturated heterocycles. The van der Waals surface area contributed by atoms with Gasteiger partial charge in [-0.25, -0.2) is 0 Å². The maximum Gasteiger partial charge on any atom is 0.178 e. The summed E-state index contributed by atoms with van der Waals surface area (Å²) < 4.78 is 0. The monoisotopic (exact) mass is 511 g/mol. The zero-order valence-corrected chi connectivity index (χ0v) is 22.5. The highest BCUT2D eigenvalue weighted by Crippen LogP contribution is 2.54. The molecule has 0 bridgehead atoms. The van der Waals surface area contributed by atoms with Gasteiger partial charge in [-0.05, 0) is 80.9 Å². The second-order valence-electron chi connectivity index (χ2n) is 11.8. The van der Waals surface area contributed by atoms with Crippen LogP contribution in [0.1, 0.15) is 82.6 Å². The number of Topliss-reactive ketones (excluding diaryl/α,β-unsaturated/α-hetero) is 1. The highest BCUT2D eigenvalue weighted by atomic mass is 35.5. The Morgan fingerprint density at radius 1 is 1.22 bits per heavy atom. The molecule has 3 aliphatic carbocycles. The van der Waals surface area contributed by atoms with Crippen LogP contribution in [0.25, 0.3) is 0 Å². The van der Waals surface area contributed by atoms with E-state index in [0.717, 1.165) is 72.8 Å². The van der Waals surface area contributed by atoms with Crippen molar-refractivity contribution in [1.82, 2.24) is 0 Å². The lowest BCUT2D eigenvalue weighted by Gasteiger charge is -2.39. The number of carbonyl (C=O) groups is 1. The minimum atomic E-state index is -0.695. The highest BCUT2D eigenvalue weighted by Gasteiger charge is 2.49. The van der Waals surface area contributed by atoms with E-state index in [4.69, 9.17) is 22.3 Å². The van der Waals surface area contributed by atoms with Crippen LogP contribution < -0.4 is 10.6 Å². The largest absolute Gasteiger partial charge is 0.396 e. The third kappa shape index (κ3) is 5.67. The number of anilines is 1. The van der Waals surface area contributed by atoms with Crippen LogP contribution in [0.5, 0.6) is 0 Å². The molecule has 5 rings (SSSR count). The van der Waals surface area contributed by atoms with Gasteiger partial charge in [0.15, 0.2) is 5.78 Å². The molecule has 1 aliphatic heterocycles. The lowest BCUT2D eigenvalue weighted by atomic mass is 9.85. The van der Waals surface area contributed by atoms with Crippen LogP contribution in [0, 0.1) is 24.7 Å². The number of carbonyl (C=O) groups excluding carboxylic acids is 1. The van der Waals surface area contributed by atoms with Gasteiger partial charge in [0.25, 0.3) is 0 Å². The summed E-state index contributed by atoms with van der Waals surface area (Å²) in [7, 11) is 0. The van der Waals surface area contributed by atoms with Crippen LogP contribution in [0.15, 0.2) is 34.5 Å². The van der Waals surface area contributed by atoms with Gasteiger partial charge in [0.2, 0.25) is 0 Å². The van der Waals surface area contributed by atoms with Crippen LogP contribution in [0.4, 0.5) is 5.69 Å². The molecule has 0 unspecified atom stereocenters. The van der Waals surface area contributed by atoms with Gasteiger partial charge >= 0.3 is 0 Å². The van der Waals surface area contributed by atoms with E-state index < -0.39 is 5.60 Å². The number of rotatable bonds is 8. The second kappa shape index (κ2) is 10.9. The van der Waals surface area contributed by atoms with Crippen LogP contribution in [-0.2, 0) is 4.79 Å². The van der Waals surface area contributed by atoms with Gasteiger partial charge in [-0.15, -0.1) is 0 Å². The number of ketones is 1. The topological polar surface area (TPSA) is 78.9 Å². The molecule has 0 aromatic heterocycles. The van der Waals surface area contributed by atoms with E-state index in [-0.39, 0.29) is 5.78 Å². The molecule has 0 spiro atoms. The first-order valence-electron chi connectivity index (χ1n) is 14.1. The zero-order valence-electron chi connectivity index (χ0n) is 21.8. The van der Waals surface area contributed by atoms with Crippen molar-refractivity contribution < 1.29 is 9.90 Å². The predicted molar refractivity (Wildman–Crippen MR) is 148 cm³/mol. The summed E-state index contributed by atoms with van der Waals surface area (Å²) >= 11 is 6.32. The van der Waals surface area contributed by atoms with Crippen molar-refractivity contribution in [3.63, 3.8) is 0 Å². The molecule has 0 amide bonds. The summed E-state index contributed by atoms with van der Waals surface area (Å²) in [5, 5.41) is 12.0. The van der Waals surface area contributed by atoms with E-state index in [1.165, 1.54) is 32.1 Å². The van der Waals surface area contributed by atoms with Gasteiger partial charge in [0.05, 0.1) is 11.3 Å². The van der Waals surface area contributed by atoms with Crippen molar-refractivity contribution in [3.05, 3.63) is 40.1 Å². The van der Waals surface area contributed by atoms with Crippen molar-refractivity contribution in [1.29, 1.82) is 0 Å². The SMILES string of the molecule is Cc1c(Cl)cccc1N1CCC(O)(CCN=C2C[C@H]3C[C@H]3C2=C(N)C(=O)CCC2CCCCC2)CC1. The Hall–Kier alpha value is -1.85. The van der Waals surface area contributed by atoms with Crippen molar-refractivity contribution >= 4 is 28.8 Å². The standard InChI is InChI=1S/C30H42ClN3O2/c1-20-24(31)8-5-9-26(20)34-16-13-30(36,14-17-34)12-15-33-25-19-22-18-23(22)28(25)29(32)27(35)11-10-21-6-3-2-4-7-21/h5,8-9,21-23,36H,2-4,6-7,10-19,32H2,1H3/t22-,23-/m1/s1. The Labute approximate surface area is 221 Å². The quantitative estimate of drug-likeness (QED) is 0.420. The third-order valence-electron chi connectivity index (χ3n) is 9.31. The fourth-order valence-corrected chi connectivity index (χ4v) is 6.92. The maximum absolute atomic E-state index is 13.0. The van der Waals surface area contributed by atoms with E-state index in [2.05, 4.69) is 17.9 Å². The number of allylic oxidation sites excluding steroid dienone is 2. The molecular weight excluding hydrogens is 470 g/mol. The summed E-state index contributed by atoms with van der Waals surface area (Å²) in [4.78, 5) is 20.2. The minimum Gasteiger partial charge on any atom is -0.396 e. The number of nitrogens with zero attached hydrogens (tertiary/aromatic N) is 2. The molecule has 3 saturated carbocycles. The number of fused-ring (bicyclic) bond motifs is 1. The zero-order chi connectivity index (χ0) is 25.3. The number of benzene rings is 1. The molecule has 1 aromatic carbocycles. The predicted octanol–water partition coefficient (Wildman–Crippen LogP) is 5.99. The number of halogens is 1. The summed E-state index contributed by atoms with van der Waals surface area (Å²) in [5.74, 6) is 1.88. The molecule has 1 heterocycles. The summed E-state index contributed by atoms with van der Waals surface area (Å²) in [6.07, 6.45) is 12.2. The average molecular weight is 512 g/mol. The summed E-state index contributed by atoms with van der Waals surface area (Å²) in [6.45, 7) is 4.27. The Bertz CT molecular complexity index is 1030. The molecule has 1 aromatic rings. The van der Waals surface area contributed by atoms with Gasteiger partial charge in [0.1, 0.15) is 0 Å². The Balaban J connectivity index is 1.16. The van der Waals surface area contributed by atoms with E-state index in [9.17, 15) is 9.90 Å². The molecule has 196 valence electrons. The van der Waals surface area contributed by atoms with Gasteiger partial charge in [-0.2, -0.15) is 0 Å². The number of nitrogens with two attached hydrogens (primary N) is 1. The smallest absolute Gasteiger partial charge is 0.178 e. The number of hydrogen-bond acceptors (Lipinski definition) is 5. The van der Waals surface area contributed by atoms with Gasteiger partial charge in [-0.3, -0.25) is 9.79 Å². The highest BCUT2D eigenvalue weighted by molar-refractivity contribution is 6.31. The summed E-state index contributed by atoms with van der Waals surface area (Å²) in [6, 6.07) is 6.02. The molecule has 0 radical (unpaired) electrons. The Kier molecular flexibility index (Phi) is 7.78. The summed E-state index contributed by atoms with van der Waals surface area (Å²) in [5.41, 5.74) is 10.6.